The van der Waals surface area contributed by atoms with Crippen LogP contribution >= 0.6 is 0 Å². The SMILES string of the molecule is C[C@@H](Cc1ccc(C(F)(F)F)cc1)NC(=O)NC1CCOCC1. The van der Waals surface area contributed by atoms with Gasteiger partial charge >= 0.3 is 12.2 Å². The normalized spacial score (nSPS) is 17.6. The molecule has 0 spiro atoms. The Balaban J connectivity index is 1.79. The van der Waals surface area contributed by atoms with Gasteiger partial charge in [-0.05, 0) is 43.9 Å². The predicted molar refractivity (Wildman–Crippen MR) is 80.1 cm³/mol. The van der Waals surface area contributed by atoms with Crippen molar-refractivity contribution in [2.24, 2.45) is 0 Å². The van der Waals surface area contributed by atoms with Crippen molar-refractivity contribution in [3.05, 3.63) is 35.4 Å². The number of hydrogen-bond donors (Lipinski definition) is 2. The number of hydrogen-bond acceptors (Lipinski definition) is 2. The third-order valence-corrected chi connectivity index (χ3v) is 3.76. The van der Waals surface area contributed by atoms with Crippen LogP contribution in [0.5, 0.6) is 0 Å². The summed E-state index contributed by atoms with van der Waals surface area (Å²) in [6, 6.07) is 4.69. The summed E-state index contributed by atoms with van der Waals surface area (Å²) in [5.74, 6) is 0. The first-order valence-corrected chi connectivity index (χ1v) is 7.65. The monoisotopic (exact) mass is 330 g/mol. The van der Waals surface area contributed by atoms with Gasteiger partial charge in [0.15, 0.2) is 0 Å². The van der Waals surface area contributed by atoms with Gasteiger partial charge in [-0.3, -0.25) is 0 Å². The molecule has 1 aliphatic heterocycles. The van der Waals surface area contributed by atoms with Gasteiger partial charge in [0, 0.05) is 25.3 Å². The molecule has 4 nitrogen and oxygen atoms in total. The van der Waals surface area contributed by atoms with E-state index in [1.807, 2.05) is 6.92 Å². The van der Waals surface area contributed by atoms with E-state index >= 15 is 0 Å². The molecule has 23 heavy (non-hydrogen) atoms. The molecule has 0 bridgehead atoms. The lowest BCUT2D eigenvalue weighted by molar-refractivity contribution is -0.137. The maximum atomic E-state index is 12.5. The van der Waals surface area contributed by atoms with E-state index in [4.69, 9.17) is 4.74 Å². The fourth-order valence-electron chi connectivity index (χ4n) is 2.53. The number of urea groups is 1. The zero-order valence-corrected chi connectivity index (χ0v) is 13.0. The van der Waals surface area contributed by atoms with Crippen LogP contribution in [0.25, 0.3) is 0 Å². The van der Waals surface area contributed by atoms with Crippen molar-refractivity contribution in [1.82, 2.24) is 10.6 Å². The molecule has 0 radical (unpaired) electrons. The zero-order chi connectivity index (χ0) is 16.9. The van der Waals surface area contributed by atoms with Crippen LogP contribution < -0.4 is 10.6 Å². The van der Waals surface area contributed by atoms with Crippen LogP contribution in [-0.4, -0.2) is 31.3 Å². The van der Waals surface area contributed by atoms with Crippen LogP contribution in [0.4, 0.5) is 18.0 Å². The summed E-state index contributed by atoms with van der Waals surface area (Å²) in [6.45, 7) is 3.11. The maximum absolute atomic E-state index is 12.5. The van der Waals surface area contributed by atoms with Crippen LogP contribution in [-0.2, 0) is 17.3 Å². The smallest absolute Gasteiger partial charge is 0.381 e. The Labute approximate surface area is 133 Å². The lowest BCUT2D eigenvalue weighted by atomic mass is 10.0. The van der Waals surface area contributed by atoms with E-state index < -0.39 is 11.7 Å². The summed E-state index contributed by atoms with van der Waals surface area (Å²) in [7, 11) is 0. The lowest BCUT2D eigenvalue weighted by Crippen LogP contribution is -2.47. The summed E-state index contributed by atoms with van der Waals surface area (Å²) >= 11 is 0. The highest BCUT2D eigenvalue weighted by Crippen LogP contribution is 2.29. The van der Waals surface area contributed by atoms with Crippen LogP contribution in [0.15, 0.2) is 24.3 Å². The second-order valence-corrected chi connectivity index (χ2v) is 5.80. The molecule has 2 amide bonds. The van der Waals surface area contributed by atoms with Crippen LogP contribution in [0, 0.1) is 0 Å². The van der Waals surface area contributed by atoms with Crippen LogP contribution in [0.2, 0.25) is 0 Å². The largest absolute Gasteiger partial charge is 0.416 e. The van der Waals surface area contributed by atoms with Crippen molar-refractivity contribution in [2.45, 2.75) is 44.4 Å². The van der Waals surface area contributed by atoms with E-state index in [-0.39, 0.29) is 18.1 Å². The second-order valence-electron chi connectivity index (χ2n) is 5.80. The summed E-state index contributed by atoms with van der Waals surface area (Å²) in [5, 5.41) is 5.69. The van der Waals surface area contributed by atoms with Gasteiger partial charge in [0.25, 0.3) is 0 Å². The molecule has 0 saturated carbocycles. The molecule has 1 aromatic rings. The minimum absolute atomic E-state index is 0.113. The molecule has 0 aromatic heterocycles. The third-order valence-electron chi connectivity index (χ3n) is 3.76. The number of halogens is 3. The van der Waals surface area contributed by atoms with Gasteiger partial charge in [0.05, 0.1) is 5.56 Å². The Morgan fingerprint density at radius 1 is 1.26 bits per heavy atom. The Morgan fingerprint density at radius 3 is 2.43 bits per heavy atom. The van der Waals surface area contributed by atoms with E-state index in [9.17, 15) is 18.0 Å². The van der Waals surface area contributed by atoms with Crippen molar-refractivity contribution < 1.29 is 22.7 Å². The number of nitrogens with one attached hydrogen (secondary N) is 2. The van der Waals surface area contributed by atoms with Crippen molar-refractivity contribution >= 4 is 6.03 Å². The van der Waals surface area contributed by atoms with Gasteiger partial charge in [0.2, 0.25) is 0 Å². The number of carbonyl (C=O) groups is 1. The van der Waals surface area contributed by atoms with Crippen molar-refractivity contribution in [1.29, 1.82) is 0 Å². The fraction of sp³-hybridized carbons (Fsp3) is 0.562. The number of alkyl halides is 3. The van der Waals surface area contributed by atoms with E-state index in [0.717, 1.165) is 30.5 Å². The molecule has 0 aliphatic carbocycles. The van der Waals surface area contributed by atoms with Crippen molar-refractivity contribution in [3.8, 4) is 0 Å². The Hall–Kier alpha value is -1.76. The molecule has 2 rings (SSSR count). The topological polar surface area (TPSA) is 50.4 Å². The van der Waals surface area contributed by atoms with Crippen LogP contribution in [0.1, 0.15) is 30.9 Å². The minimum atomic E-state index is -4.33. The highest BCUT2D eigenvalue weighted by Gasteiger charge is 2.30. The molecular formula is C16H21F3N2O2. The van der Waals surface area contributed by atoms with Gasteiger partial charge in [-0.15, -0.1) is 0 Å². The van der Waals surface area contributed by atoms with Gasteiger partial charge < -0.3 is 15.4 Å². The first-order valence-electron chi connectivity index (χ1n) is 7.65. The van der Waals surface area contributed by atoms with Gasteiger partial charge in [-0.1, -0.05) is 12.1 Å². The molecule has 1 aliphatic rings. The van der Waals surface area contributed by atoms with Gasteiger partial charge in [-0.25, -0.2) is 4.79 Å². The maximum Gasteiger partial charge on any atom is 0.416 e. The average molecular weight is 330 g/mol. The second kappa shape index (κ2) is 7.68. The standard InChI is InChI=1S/C16H21F3N2O2/c1-11(20-15(22)21-14-6-8-23-9-7-14)10-12-2-4-13(5-3-12)16(17,18)19/h2-5,11,14H,6-10H2,1H3,(H2,20,21,22)/t11-/m0/s1. The number of benzene rings is 1. The van der Waals surface area contributed by atoms with E-state index in [0.29, 0.717) is 19.6 Å². The molecular weight excluding hydrogens is 309 g/mol. The highest BCUT2D eigenvalue weighted by atomic mass is 19.4. The van der Waals surface area contributed by atoms with Crippen molar-refractivity contribution in [2.75, 3.05) is 13.2 Å². The van der Waals surface area contributed by atoms with E-state index in [2.05, 4.69) is 10.6 Å². The summed E-state index contributed by atoms with van der Waals surface area (Å²) < 4.78 is 42.7. The summed E-state index contributed by atoms with van der Waals surface area (Å²) in [4.78, 5) is 11.9. The van der Waals surface area contributed by atoms with Gasteiger partial charge in [-0.2, -0.15) is 13.2 Å². The van der Waals surface area contributed by atoms with E-state index in [1.54, 1.807) is 0 Å². The molecule has 1 saturated heterocycles. The number of amides is 2. The molecule has 0 unspecified atom stereocenters. The number of rotatable bonds is 4. The average Bonchev–Trinajstić information content (AvgIpc) is 2.47. The first kappa shape index (κ1) is 17.6. The Bertz CT molecular complexity index is 511. The Kier molecular flexibility index (Phi) is 5.87. The molecule has 1 fully saturated rings. The molecule has 1 atom stereocenters. The number of carbonyl (C=O) groups excluding carboxylic acids is 1. The highest BCUT2D eigenvalue weighted by molar-refractivity contribution is 5.74. The van der Waals surface area contributed by atoms with Crippen molar-refractivity contribution in [3.63, 3.8) is 0 Å². The summed E-state index contributed by atoms with van der Waals surface area (Å²) in [5.41, 5.74) is 0.0796. The van der Waals surface area contributed by atoms with E-state index in [1.165, 1.54) is 12.1 Å². The third kappa shape index (κ3) is 5.74. The molecule has 1 heterocycles. The quantitative estimate of drug-likeness (QED) is 0.891. The molecule has 2 N–H and O–H groups in total. The molecule has 128 valence electrons. The molecule has 1 aromatic carbocycles. The lowest BCUT2D eigenvalue weighted by Gasteiger charge is -2.24. The summed E-state index contributed by atoms with van der Waals surface area (Å²) in [6.07, 6.45) is -2.27. The van der Waals surface area contributed by atoms with Gasteiger partial charge in [0.1, 0.15) is 0 Å². The first-order chi connectivity index (χ1) is 10.8. The number of ether oxygens (including phenoxy) is 1. The fourth-order valence-corrected chi connectivity index (χ4v) is 2.53. The Morgan fingerprint density at radius 2 is 1.87 bits per heavy atom. The van der Waals surface area contributed by atoms with Crippen LogP contribution in [0.3, 0.4) is 0 Å². The predicted octanol–water partition coefficient (Wildman–Crippen LogP) is 3.11. The minimum Gasteiger partial charge on any atom is -0.381 e. The zero-order valence-electron chi connectivity index (χ0n) is 13.0. The molecule has 7 heteroatoms.